The Bertz CT molecular complexity index is 639. The number of aromatic carboxylic acids is 1. The maximum Gasteiger partial charge on any atom is 0.0789 e. The van der Waals surface area contributed by atoms with Crippen LogP contribution in [-0.2, 0) is 0 Å². The summed E-state index contributed by atoms with van der Waals surface area (Å²) in [5, 5.41) is 20.5. The second-order valence-electron chi connectivity index (χ2n) is 5.11. The Labute approximate surface area is 124 Å². The van der Waals surface area contributed by atoms with Gasteiger partial charge in [-0.15, -0.1) is 0 Å². The average molecular weight is 281 g/mol. The third-order valence-electron chi connectivity index (χ3n) is 3.56. The molecular formula is C18H17O3-. The van der Waals surface area contributed by atoms with Crippen molar-refractivity contribution in [1.82, 2.24) is 0 Å². The van der Waals surface area contributed by atoms with Gasteiger partial charge in [0.25, 0.3) is 0 Å². The van der Waals surface area contributed by atoms with E-state index in [-0.39, 0.29) is 11.7 Å². The molecule has 1 unspecified atom stereocenters. The number of aliphatic hydroxyl groups excluding tert-OH is 1. The Hall–Kier alpha value is -2.31. The van der Waals surface area contributed by atoms with E-state index in [1.165, 1.54) is 17.7 Å². The maximum atomic E-state index is 10.6. The summed E-state index contributed by atoms with van der Waals surface area (Å²) in [4.78, 5) is 10.6. The molecule has 0 heterocycles. The van der Waals surface area contributed by atoms with Gasteiger partial charge in [-0.05, 0) is 61.6 Å². The lowest BCUT2D eigenvalue weighted by Crippen LogP contribution is -2.21. The van der Waals surface area contributed by atoms with Crippen LogP contribution in [0.2, 0.25) is 0 Å². The van der Waals surface area contributed by atoms with E-state index in [0.717, 1.165) is 30.4 Å². The van der Waals surface area contributed by atoms with E-state index < -0.39 is 5.97 Å². The Kier molecular flexibility index (Phi) is 4.97. The highest BCUT2D eigenvalue weighted by atomic mass is 16.4. The molecule has 3 nitrogen and oxygen atoms in total. The van der Waals surface area contributed by atoms with Crippen molar-refractivity contribution in [2.45, 2.75) is 32.3 Å². The molecule has 0 aliphatic heterocycles. The van der Waals surface area contributed by atoms with Gasteiger partial charge in [0, 0.05) is 5.56 Å². The van der Waals surface area contributed by atoms with Crippen LogP contribution in [0.25, 0.3) is 0 Å². The third-order valence-corrected chi connectivity index (χ3v) is 3.56. The number of aliphatic hydroxyl groups is 1. The van der Waals surface area contributed by atoms with Gasteiger partial charge in [0.1, 0.15) is 0 Å². The van der Waals surface area contributed by atoms with Crippen LogP contribution >= 0.6 is 0 Å². The average Bonchev–Trinajstić information content (AvgIpc) is 2.46. The molecule has 1 aliphatic carbocycles. The van der Waals surface area contributed by atoms with Crippen LogP contribution in [0.15, 0.2) is 47.6 Å². The summed E-state index contributed by atoms with van der Waals surface area (Å²) in [7, 11) is 0. The van der Waals surface area contributed by atoms with Crippen LogP contribution in [0.4, 0.5) is 0 Å². The van der Waals surface area contributed by atoms with Crippen molar-refractivity contribution >= 4 is 5.97 Å². The van der Waals surface area contributed by atoms with Crippen LogP contribution in [0.3, 0.4) is 0 Å². The Balaban J connectivity index is 2.06. The minimum Gasteiger partial charge on any atom is -0.545 e. The van der Waals surface area contributed by atoms with Gasteiger partial charge in [0.15, 0.2) is 0 Å². The highest BCUT2D eigenvalue weighted by Gasteiger charge is 2.15. The molecule has 1 atom stereocenters. The predicted octanol–water partition coefficient (Wildman–Crippen LogP) is 1.82. The SMILES string of the molecule is CC1=C(/C=C/C#Cc2ccc(C(=O)[O-])cc2)C(O)CCC1. The number of hydrogen-bond acceptors (Lipinski definition) is 3. The molecule has 1 aromatic rings. The monoisotopic (exact) mass is 281 g/mol. The second-order valence-corrected chi connectivity index (χ2v) is 5.11. The van der Waals surface area contributed by atoms with E-state index in [9.17, 15) is 15.0 Å². The summed E-state index contributed by atoms with van der Waals surface area (Å²) in [6, 6.07) is 6.24. The zero-order valence-corrected chi connectivity index (χ0v) is 11.9. The molecular weight excluding hydrogens is 264 g/mol. The number of benzene rings is 1. The molecule has 0 bridgehead atoms. The smallest absolute Gasteiger partial charge is 0.0789 e. The number of carboxylic acid groups (broad SMARTS) is 1. The van der Waals surface area contributed by atoms with Gasteiger partial charge in [-0.1, -0.05) is 29.5 Å². The third kappa shape index (κ3) is 4.08. The van der Waals surface area contributed by atoms with Crippen molar-refractivity contribution in [3.05, 3.63) is 58.7 Å². The number of allylic oxidation sites excluding steroid dienone is 2. The molecule has 0 saturated heterocycles. The molecule has 0 amide bonds. The first-order chi connectivity index (χ1) is 10.1. The lowest BCUT2D eigenvalue weighted by atomic mass is 9.90. The summed E-state index contributed by atoms with van der Waals surface area (Å²) in [5.41, 5.74) is 3.05. The zero-order valence-electron chi connectivity index (χ0n) is 11.9. The van der Waals surface area contributed by atoms with Crippen molar-refractivity contribution in [3.8, 4) is 11.8 Å². The van der Waals surface area contributed by atoms with Gasteiger partial charge >= 0.3 is 0 Å². The van der Waals surface area contributed by atoms with Crippen LogP contribution < -0.4 is 5.11 Å². The standard InChI is InChI=1S/C18H18O3/c1-13-5-4-8-17(19)16(13)7-3-2-6-14-9-11-15(12-10-14)18(20)21/h3,7,9-12,17,19H,4-5,8H2,1H3,(H,20,21)/p-1/b7-3+. The van der Waals surface area contributed by atoms with Crippen LogP contribution in [0, 0.1) is 11.8 Å². The van der Waals surface area contributed by atoms with Gasteiger partial charge in [-0.2, -0.15) is 0 Å². The van der Waals surface area contributed by atoms with E-state index in [1.54, 1.807) is 18.2 Å². The largest absolute Gasteiger partial charge is 0.545 e. The summed E-state index contributed by atoms with van der Waals surface area (Å²) >= 11 is 0. The quantitative estimate of drug-likeness (QED) is 0.841. The summed E-state index contributed by atoms with van der Waals surface area (Å²) in [6.07, 6.45) is 6.05. The number of rotatable bonds is 2. The van der Waals surface area contributed by atoms with Crippen LogP contribution in [0.5, 0.6) is 0 Å². The van der Waals surface area contributed by atoms with Crippen LogP contribution in [-0.4, -0.2) is 17.2 Å². The molecule has 1 aliphatic rings. The number of hydrogen-bond donors (Lipinski definition) is 1. The van der Waals surface area contributed by atoms with E-state index >= 15 is 0 Å². The molecule has 1 N–H and O–H groups in total. The van der Waals surface area contributed by atoms with Gasteiger partial charge in [0.2, 0.25) is 0 Å². The highest BCUT2D eigenvalue weighted by molar-refractivity contribution is 5.85. The van der Waals surface area contributed by atoms with Crippen molar-refractivity contribution in [1.29, 1.82) is 0 Å². The molecule has 21 heavy (non-hydrogen) atoms. The van der Waals surface area contributed by atoms with Crippen molar-refractivity contribution in [3.63, 3.8) is 0 Å². The molecule has 2 rings (SSSR count). The fourth-order valence-corrected chi connectivity index (χ4v) is 2.34. The molecule has 3 heteroatoms. The molecule has 0 saturated carbocycles. The molecule has 108 valence electrons. The van der Waals surface area contributed by atoms with Gasteiger partial charge in [0.05, 0.1) is 12.1 Å². The Morgan fingerprint density at radius 3 is 2.71 bits per heavy atom. The zero-order chi connectivity index (χ0) is 15.2. The van der Waals surface area contributed by atoms with Crippen molar-refractivity contribution in [2.24, 2.45) is 0 Å². The van der Waals surface area contributed by atoms with Gasteiger partial charge < -0.3 is 15.0 Å². The minimum absolute atomic E-state index is 0.141. The number of carbonyl (C=O) groups is 1. The molecule has 1 aromatic carbocycles. The molecule has 0 spiro atoms. The molecule has 0 aromatic heterocycles. The second kappa shape index (κ2) is 6.92. The van der Waals surface area contributed by atoms with E-state index in [2.05, 4.69) is 11.8 Å². The fraction of sp³-hybridized carbons (Fsp3) is 0.278. The first-order valence-electron chi connectivity index (χ1n) is 6.95. The first-order valence-corrected chi connectivity index (χ1v) is 6.95. The van der Waals surface area contributed by atoms with E-state index in [4.69, 9.17) is 0 Å². The molecule has 0 fully saturated rings. The molecule has 0 radical (unpaired) electrons. The van der Waals surface area contributed by atoms with E-state index in [0.29, 0.717) is 0 Å². The fourth-order valence-electron chi connectivity index (χ4n) is 2.34. The summed E-state index contributed by atoms with van der Waals surface area (Å²) < 4.78 is 0. The lowest BCUT2D eigenvalue weighted by molar-refractivity contribution is -0.255. The maximum absolute atomic E-state index is 10.6. The van der Waals surface area contributed by atoms with Gasteiger partial charge in [-0.25, -0.2) is 0 Å². The number of carbonyl (C=O) groups excluding carboxylic acids is 1. The van der Waals surface area contributed by atoms with Crippen LogP contribution in [0.1, 0.15) is 42.1 Å². The van der Waals surface area contributed by atoms with Gasteiger partial charge in [-0.3, -0.25) is 0 Å². The highest BCUT2D eigenvalue weighted by Crippen LogP contribution is 2.25. The predicted molar refractivity (Wildman–Crippen MR) is 79.3 cm³/mol. The first kappa shape index (κ1) is 15.1. The Morgan fingerprint density at radius 2 is 2.10 bits per heavy atom. The summed E-state index contributed by atoms with van der Waals surface area (Å²) in [5.74, 6) is 4.63. The topological polar surface area (TPSA) is 60.4 Å². The lowest BCUT2D eigenvalue weighted by Gasteiger charge is -2.20. The minimum atomic E-state index is -1.19. The van der Waals surface area contributed by atoms with Crippen molar-refractivity contribution in [2.75, 3.05) is 0 Å². The number of carboxylic acids is 1. The van der Waals surface area contributed by atoms with Crippen molar-refractivity contribution < 1.29 is 15.0 Å². The van der Waals surface area contributed by atoms with E-state index in [1.807, 2.05) is 13.0 Å². The Morgan fingerprint density at radius 1 is 1.38 bits per heavy atom. The normalized spacial score (nSPS) is 18.5. The summed E-state index contributed by atoms with van der Waals surface area (Å²) in [6.45, 7) is 2.04.